The number of likely N-dealkylation sites (tertiary alicyclic amines) is 1. The van der Waals surface area contributed by atoms with Crippen molar-refractivity contribution in [1.82, 2.24) is 9.88 Å². The summed E-state index contributed by atoms with van der Waals surface area (Å²) in [5.41, 5.74) is 0.752. The minimum Gasteiger partial charge on any atom is -0.497 e. The largest absolute Gasteiger partial charge is 0.497 e. The Labute approximate surface area is 225 Å². The Morgan fingerprint density at radius 2 is 2.00 bits per heavy atom. The number of aliphatic hydroxyl groups is 1. The molecule has 4 nitrogen and oxygen atoms in total. The van der Waals surface area contributed by atoms with Crippen LogP contribution < -0.4 is 4.74 Å². The predicted octanol–water partition coefficient (Wildman–Crippen LogP) is 7.22. The van der Waals surface area contributed by atoms with Gasteiger partial charge in [-0.3, -0.25) is 4.98 Å². The van der Waals surface area contributed by atoms with E-state index in [9.17, 15) is 13.9 Å². The molecule has 3 aromatic rings. The molecule has 4 rings (SSSR count). The molecule has 0 radical (unpaired) electrons. The van der Waals surface area contributed by atoms with Crippen LogP contribution in [0.1, 0.15) is 43.8 Å². The highest BCUT2D eigenvalue weighted by molar-refractivity contribution is 7.99. The first-order valence-corrected chi connectivity index (χ1v) is 13.9. The summed E-state index contributed by atoms with van der Waals surface area (Å²) >= 11 is 7.70. The zero-order valence-corrected chi connectivity index (χ0v) is 22.4. The lowest BCUT2D eigenvalue weighted by atomic mass is 9.74. The van der Waals surface area contributed by atoms with Crippen molar-refractivity contribution in [2.75, 3.05) is 39.1 Å². The van der Waals surface area contributed by atoms with E-state index in [-0.39, 0.29) is 23.5 Å². The molecule has 0 amide bonds. The van der Waals surface area contributed by atoms with E-state index >= 15 is 4.39 Å². The second-order valence-corrected chi connectivity index (χ2v) is 11.2. The van der Waals surface area contributed by atoms with Gasteiger partial charge in [-0.25, -0.2) is 13.2 Å². The molecular formula is C28H32ClF3N2O2S. The summed E-state index contributed by atoms with van der Waals surface area (Å²) in [5, 5.41) is 11.2. The van der Waals surface area contributed by atoms with Gasteiger partial charge in [-0.05, 0) is 93.2 Å². The number of halogens is 4. The van der Waals surface area contributed by atoms with Gasteiger partial charge >= 0.3 is 0 Å². The van der Waals surface area contributed by atoms with E-state index in [1.807, 2.05) is 0 Å². The zero-order valence-electron chi connectivity index (χ0n) is 20.9. The van der Waals surface area contributed by atoms with Crippen LogP contribution in [0.3, 0.4) is 0 Å². The summed E-state index contributed by atoms with van der Waals surface area (Å²) < 4.78 is 48.1. The van der Waals surface area contributed by atoms with Crippen molar-refractivity contribution in [2.24, 2.45) is 5.41 Å². The molecule has 1 fully saturated rings. The Hall–Kier alpha value is -2.00. The highest BCUT2D eigenvalue weighted by Crippen LogP contribution is 2.42. The quantitative estimate of drug-likeness (QED) is 0.201. The second-order valence-electron chi connectivity index (χ2n) is 9.66. The fourth-order valence-corrected chi connectivity index (χ4v) is 6.16. The Bertz CT molecular complexity index is 1210. The maximum atomic E-state index is 15.6. The highest BCUT2D eigenvalue weighted by Gasteiger charge is 2.35. The molecule has 1 saturated heterocycles. The molecule has 200 valence electrons. The number of hydrogen-bond acceptors (Lipinski definition) is 5. The maximum Gasteiger partial charge on any atom is 0.172 e. The Balaban J connectivity index is 1.29. The molecule has 1 aromatic heterocycles. The lowest BCUT2D eigenvalue weighted by Crippen LogP contribution is -2.42. The molecule has 0 bridgehead atoms. The number of fused-ring (bicyclic) bond motifs is 1. The van der Waals surface area contributed by atoms with E-state index in [2.05, 4.69) is 9.88 Å². The van der Waals surface area contributed by atoms with E-state index < -0.39 is 17.8 Å². The number of alkyl halides is 1. The molecule has 2 aromatic carbocycles. The Morgan fingerprint density at radius 1 is 1.22 bits per heavy atom. The van der Waals surface area contributed by atoms with Crippen molar-refractivity contribution in [3.05, 3.63) is 64.8 Å². The summed E-state index contributed by atoms with van der Waals surface area (Å²) in [5.74, 6) is -0.305. The minimum absolute atomic E-state index is 0.0148. The monoisotopic (exact) mass is 552 g/mol. The minimum atomic E-state index is -1.29. The van der Waals surface area contributed by atoms with Crippen LogP contribution in [0.4, 0.5) is 13.2 Å². The van der Waals surface area contributed by atoms with Crippen molar-refractivity contribution in [2.45, 2.75) is 43.2 Å². The van der Waals surface area contributed by atoms with Gasteiger partial charge in [0.05, 0.1) is 17.6 Å². The number of hydrogen-bond donors (Lipinski definition) is 1. The number of rotatable bonds is 11. The van der Waals surface area contributed by atoms with Gasteiger partial charge in [0, 0.05) is 28.6 Å². The van der Waals surface area contributed by atoms with Gasteiger partial charge in [0.2, 0.25) is 0 Å². The van der Waals surface area contributed by atoms with Gasteiger partial charge in [0.15, 0.2) is 11.6 Å². The fraction of sp³-hybridized carbons (Fsp3) is 0.464. The van der Waals surface area contributed by atoms with E-state index in [4.69, 9.17) is 16.3 Å². The molecule has 1 unspecified atom stereocenters. The number of aromatic nitrogens is 1. The lowest BCUT2D eigenvalue weighted by molar-refractivity contribution is 0.0304. The number of aliphatic hydroxyl groups excluding tert-OH is 1. The van der Waals surface area contributed by atoms with Gasteiger partial charge in [-0.2, -0.15) is 0 Å². The first-order valence-electron chi connectivity index (χ1n) is 12.5. The molecule has 0 aliphatic carbocycles. The molecule has 2 heterocycles. The molecule has 1 aliphatic rings. The van der Waals surface area contributed by atoms with Gasteiger partial charge in [-0.1, -0.05) is 17.7 Å². The van der Waals surface area contributed by atoms with Crippen LogP contribution in [-0.2, 0) is 0 Å². The third kappa shape index (κ3) is 6.72. The third-order valence-electron chi connectivity index (χ3n) is 7.35. The second kappa shape index (κ2) is 12.7. The average Bonchev–Trinajstić information content (AvgIpc) is 2.92. The molecule has 9 heteroatoms. The van der Waals surface area contributed by atoms with Crippen LogP contribution in [0.15, 0.2) is 47.5 Å². The first-order chi connectivity index (χ1) is 17.9. The number of piperidine rings is 1. The number of nitrogens with zero attached hydrogens (tertiary/aromatic N) is 2. The normalized spacial score (nSPS) is 16.7. The molecule has 0 spiro atoms. The SMILES string of the molecule is COc1ccc2ncc(Cl)c(C(F)CCC3(CO)CCN(CCCSc4cccc(F)c4F)CC3)c2c1. The summed E-state index contributed by atoms with van der Waals surface area (Å²) in [7, 11) is 1.56. The van der Waals surface area contributed by atoms with Crippen LogP contribution in [0.25, 0.3) is 10.9 Å². The summed E-state index contributed by atoms with van der Waals surface area (Å²) in [6.45, 7) is 2.48. The standard InChI is InChI=1S/C28H32ClF3N2O2S/c1-36-19-6-7-24-20(16-19)26(21(29)17-33-24)22(30)8-9-28(18-35)10-13-34(14-11-28)12-3-15-37-25-5-2-4-23(31)27(25)32/h2,4-7,16-17,22,35H,3,8-15,18H2,1H3. The molecular weight excluding hydrogens is 521 g/mol. The molecule has 1 aliphatic heterocycles. The third-order valence-corrected chi connectivity index (χ3v) is 8.77. The lowest BCUT2D eigenvalue weighted by Gasteiger charge is -2.41. The van der Waals surface area contributed by atoms with Gasteiger partial charge in [-0.15, -0.1) is 11.8 Å². The average molecular weight is 553 g/mol. The van der Waals surface area contributed by atoms with E-state index in [1.165, 1.54) is 24.0 Å². The van der Waals surface area contributed by atoms with E-state index in [0.29, 0.717) is 39.3 Å². The van der Waals surface area contributed by atoms with E-state index in [1.54, 1.807) is 31.4 Å². The van der Waals surface area contributed by atoms with Gasteiger partial charge < -0.3 is 14.7 Å². The number of methoxy groups -OCH3 is 1. The van der Waals surface area contributed by atoms with Crippen LogP contribution in [0.5, 0.6) is 5.75 Å². The van der Waals surface area contributed by atoms with Crippen LogP contribution in [0.2, 0.25) is 5.02 Å². The summed E-state index contributed by atoms with van der Waals surface area (Å²) in [4.78, 5) is 6.96. The molecule has 0 saturated carbocycles. The van der Waals surface area contributed by atoms with Gasteiger partial charge in [0.1, 0.15) is 11.9 Å². The molecule has 1 N–H and O–H groups in total. The number of benzene rings is 2. The van der Waals surface area contributed by atoms with Crippen molar-refractivity contribution in [3.8, 4) is 5.75 Å². The van der Waals surface area contributed by atoms with Crippen LogP contribution in [0, 0.1) is 17.0 Å². The fourth-order valence-electron chi connectivity index (χ4n) is 4.99. The predicted molar refractivity (Wildman–Crippen MR) is 143 cm³/mol. The summed E-state index contributed by atoms with van der Waals surface area (Å²) in [6.07, 6.45) is 3.41. The zero-order chi connectivity index (χ0) is 26.4. The topological polar surface area (TPSA) is 45.6 Å². The molecule has 1 atom stereocenters. The van der Waals surface area contributed by atoms with Gasteiger partial charge in [0.25, 0.3) is 0 Å². The smallest absolute Gasteiger partial charge is 0.172 e. The van der Waals surface area contributed by atoms with Crippen LogP contribution in [-0.4, -0.2) is 54.1 Å². The van der Waals surface area contributed by atoms with Crippen molar-refractivity contribution < 1.29 is 23.0 Å². The van der Waals surface area contributed by atoms with Crippen LogP contribution >= 0.6 is 23.4 Å². The Kier molecular flexibility index (Phi) is 9.62. The number of thioether (sulfide) groups is 1. The first kappa shape index (κ1) is 28.0. The van der Waals surface area contributed by atoms with Crippen molar-refractivity contribution >= 4 is 34.3 Å². The maximum absolute atomic E-state index is 15.6. The molecule has 37 heavy (non-hydrogen) atoms. The highest BCUT2D eigenvalue weighted by atomic mass is 35.5. The number of pyridine rings is 1. The number of ether oxygens (including phenoxy) is 1. The van der Waals surface area contributed by atoms with Crippen molar-refractivity contribution in [3.63, 3.8) is 0 Å². The van der Waals surface area contributed by atoms with Crippen molar-refractivity contribution in [1.29, 1.82) is 0 Å². The summed E-state index contributed by atoms with van der Waals surface area (Å²) in [6, 6.07) is 9.57. The van der Waals surface area contributed by atoms with E-state index in [0.717, 1.165) is 45.0 Å². The Morgan fingerprint density at radius 3 is 2.73 bits per heavy atom.